The molecule has 1 N–H and O–H groups in total. The van der Waals surface area contributed by atoms with Gasteiger partial charge in [0.25, 0.3) is 0 Å². The molecule has 1 fully saturated rings. The van der Waals surface area contributed by atoms with Crippen LogP contribution in [0.5, 0.6) is 0 Å². The molecule has 0 atom stereocenters. The van der Waals surface area contributed by atoms with Crippen molar-refractivity contribution in [3.8, 4) is 0 Å². The summed E-state index contributed by atoms with van der Waals surface area (Å²) in [6, 6.07) is 0.747. The number of hydrogen-bond donors (Lipinski definition) is 1. The maximum absolute atomic E-state index is 4.04. The summed E-state index contributed by atoms with van der Waals surface area (Å²) in [5.41, 5.74) is 0. The van der Waals surface area contributed by atoms with Gasteiger partial charge >= 0.3 is 0 Å². The van der Waals surface area contributed by atoms with Crippen molar-refractivity contribution < 1.29 is 0 Å². The maximum Gasteiger partial charge on any atom is 0.209 e. The van der Waals surface area contributed by atoms with Crippen LogP contribution in [0.25, 0.3) is 0 Å². The van der Waals surface area contributed by atoms with Gasteiger partial charge in [0, 0.05) is 24.9 Å². The fraction of sp³-hybridized carbons (Fsp3) is 0.900. The van der Waals surface area contributed by atoms with Gasteiger partial charge < -0.3 is 10.2 Å². The molecular formula is C10H20N6S. The van der Waals surface area contributed by atoms with Crippen molar-refractivity contribution in [3.63, 3.8) is 0 Å². The van der Waals surface area contributed by atoms with Gasteiger partial charge in [-0.25, -0.2) is 4.68 Å². The van der Waals surface area contributed by atoms with Crippen molar-refractivity contribution in [2.75, 3.05) is 32.9 Å². The summed E-state index contributed by atoms with van der Waals surface area (Å²) < 4.78 is 1.88. The Hall–Kier alpha value is -0.660. The van der Waals surface area contributed by atoms with Crippen molar-refractivity contribution in [1.29, 1.82) is 0 Å². The van der Waals surface area contributed by atoms with Crippen LogP contribution in [0, 0.1) is 0 Å². The minimum absolute atomic E-state index is 0.747. The molecule has 0 saturated heterocycles. The molecule has 0 bridgehead atoms. The zero-order valence-corrected chi connectivity index (χ0v) is 11.3. The number of nitrogens with zero attached hydrogens (tertiary/aromatic N) is 5. The van der Waals surface area contributed by atoms with Crippen molar-refractivity contribution in [2.45, 2.75) is 30.6 Å². The molecule has 1 heterocycles. The fourth-order valence-electron chi connectivity index (χ4n) is 1.42. The Morgan fingerprint density at radius 2 is 2.29 bits per heavy atom. The molecule has 1 aromatic rings. The first-order chi connectivity index (χ1) is 8.25. The van der Waals surface area contributed by atoms with Gasteiger partial charge in [0.05, 0.1) is 6.54 Å². The average molecular weight is 256 g/mol. The third kappa shape index (κ3) is 4.61. The van der Waals surface area contributed by atoms with E-state index in [2.05, 4.69) is 39.8 Å². The summed E-state index contributed by atoms with van der Waals surface area (Å²) in [5, 5.41) is 16.2. The molecule has 0 aliphatic heterocycles. The molecule has 0 amide bonds. The number of nitrogens with one attached hydrogen (secondary N) is 1. The highest BCUT2D eigenvalue weighted by molar-refractivity contribution is 7.99. The van der Waals surface area contributed by atoms with Crippen LogP contribution in [0.2, 0.25) is 0 Å². The Morgan fingerprint density at radius 3 is 3.00 bits per heavy atom. The Morgan fingerprint density at radius 1 is 1.47 bits per heavy atom. The molecule has 7 heteroatoms. The van der Waals surface area contributed by atoms with Crippen LogP contribution in [-0.2, 0) is 6.54 Å². The van der Waals surface area contributed by atoms with Crippen LogP contribution in [0.4, 0.5) is 0 Å². The van der Waals surface area contributed by atoms with Gasteiger partial charge in [-0.05, 0) is 37.4 Å². The molecule has 0 unspecified atom stereocenters. The minimum atomic E-state index is 0.747. The van der Waals surface area contributed by atoms with Crippen LogP contribution in [0.1, 0.15) is 12.8 Å². The summed E-state index contributed by atoms with van der Waals surface area (Å²) in [7, 11) is 4.15. The van der Waals surface area contributed by atoms with E-state index in [1.165, 1.54) is 12.8 Å². The Balaban J connectivity index is 1.70. The number of tetrazole rings is 1. The van der Waals surface area contributed by atoms with Gasteiger partial charge in [-0.3, -0.25) is 0 Å². The van der Waals surface area contributed by atoms with Crippen molar-refractivity contribution in [2.24, 2.45) is 0 Å². The second kappa shape index (κ2) is 6.32. The molecule has 1 aromatic heterocycles. The first-order valence-corrected chi connectivity index (χ1v) is 7.01. The molecule has 2 rings (SSSR count). The van der Waals surface area contributed by atoms with Crippen LogP contribution < -0.4 is 5.32 Å². The molecule has 1 aliphatic rings. The summed E-state index contributed by atoms with van der Waals surface area (Å²) >= 11 is 1.71. The number of hydrogen-bond acceptors (Lipinski definition) is 6. The Labute approximate surface area is 106 Å². The highest BCUT2D eigenvalue weighted by Gasteiger charge is 2.19. The zero-order valence-electron chi connectivity index (χ0n) is 10.5. The summed E-state index contributed by atoms with van der Waals surface area (Å²) in [6.45, 7) is 2.85. The predicted molar refractivity (Wildman–Crippen MR) is 68.1 cm³/mol. The Kier molecular flexibility index (Phi) is 4.75. The van der Waals surface area contributed by atoms with E-state index >= 15 is 0 Å². The molecular weight excluding hydrogens is 236 g/mol. The van der Waals surface area contributed by atoms with Crippen LogP contribution in [-0.4, -0.2) is 64.1 Å². The highest BCUT2D eigenvalue weighted by atomic mass is 32.2. The number of thioether (sulfide) groups is 1. The van der Waals surface area contributed by atoms with E-state index in [0.717, 1.165) is 36.6 Å². The number of rotatable bonds is 8. The van der Waals surface area contributed by atoms with E-state index in [-0.39, 0.29) is 0 Å². The first kappa shape index (κ1) is 12.8. The second-order valence-corrected chi connectivity index (χ2v) is 5.63. The van der Waals surface area contributed by atoms with Crippen LogP contribution in [0.3, 0.4) is 0 Å². The molecule has 17 heavy (non-hydrogen) atoms. The smallest absolute Gasteiger partial charge is 0.209 e. The van der Waals surface area contributed by atoms with Gasteiger partial charge in [-0.1, -0.05) is 11.8 Å². The van der Waals surface area contributed by atoms with Gasteiger partial charge in [0.2, 0.25) is 5.16 Å². The normalized spacial score (nSPS) is 15.7. The van der Waals surface area contributed by atoms with E-state index in [4.69, 9.17) is 0 Å². The van der Waals surface area contributed by atoms with Gasteiger partial charge in [-0.15, -0.1) is 5.10 Å². The molecule has 96 valence electrons. The third-order valence-corrected chi connectivity index (χ3v) is 3.54. The SMILES string of the molecule is CN(C)CCSc1nnnn1CCNC1CC1. The van der Waals surface area contributed by atoms with E-state index in [0.29, 0.717) is 0 Å². The lowest BCUT2D eigenvalue weighted by Gasteiger charge is -2.08. The Bertz CT molecular complexity index is 313. The van der Waals surface area contributed by atoms with Gasteiger partial charge in [0.1, 0.15) is 0 Å². The standard InChI is InChI=1S/C10H20N6S/c1-15(2)7-8-17-10-12-13-14-16(10)6-5-11-9-3-4-9/h9,11H,3-8H2,1-2H3. The monoisotopic (exact) mass is 256 g/mol. The minimum Gasteiger partial charge on any atom is -0.312 e. The largest absolute Gasteiger partial charge is 0.312 e. The van der Waals surface area contributed by atoms with E-state index in [1.807, 2.05) is 4.68 Å². The third-order valence-electron chi connectivity index (χ3n) is 2.60. The molecule has 1 aliphatic carbocycles. The average Bonchev–Trinajstić information content (AvgIpc) is 2.99. The molecule has 0 aromatic carbocycles. The number of aromatic nitrogens is 4. The lowest BCUT2D eigenvalue weighted by molar-refractivity contribution is 0.437. The van der Waals surface area contributed by atoms with Crippen LogP contribution >= 0.6 is 11.8 Å². The van der Waals surface area contributed by atoms with E-state index < -0.39 is 0 Å². The zero-order chi connectivity index (χ0) is 12.1. The first-order valence-electron chi connectivity index (χ1n) is 6.03. The predicted octanol–water partition coefficient (Wildman–Crippen LogP) is 0.0788. The maximum atomic E-state index is 4.04. The fourth-order valence-corrected chi connectivity index (χ4v) is 2.43. The van der Waals surface area contributed by atoms with E-state index in [1.54, 1.807) is 11.8 Å². The summed E-state index contributed by atoms with van der Waals surface area (Å²) in [6.07, 6.45) is 2.64. The lowest BCUT2D eigenvalue weighted by atomic mass is 10.6. The molecule has 0 radical (unpaired) electrons. The molecule has 6 nitrogen and oxygen atoms in total. The molecule has 1 saturated carbocycles. The van der Waals surface area contributed by atoms with Crippen molar-refractivity contribution in [1.82, 2.24) is 30.4 Å². The second-order valence-electron chi connectivity index (χ2n) is 4.56. The lowest BCUT2D eigenvalue weighted by Crippen LogP contribution is -2.22. The van der Waals surface area contributed by atoms with Crippen molar-refractivity contribution >= 4 is 11.8 Å². The van der Waals surface area contributed by atoms with Crippen LogP contribution in [0.15, 0.2) is 5.16 Å². The summed E-state index contributed by atoms with van der Waals surface area (Å²) in [5.74, 6) is 1.02. The highest BCUT2D eigenvalue weighted by Crippen LogP contribution is 2.18. The molecule has 0 spiro atoms. The van der Waals surface area contributed by atoms with Gasteiger partial charge in [0.15, 0.2) is 0 Å². The summed E-state index contributed by atoms with van der Waals surface area (Å²) in [4.78, 5) is 2.16. The van der Waals surface area contributed by atoms with E-state index in [9.17, 15) is 0 Å². The topological polar surface area (TPSA) is 58.9 Å². The quantitative estimate of drug-likeness (QED) is 0.665. The van der Waals surface area contributed by atoms with Crippen molar-refractivity contribution in [3.05, 3.63) is 0 Å². The van der Waals surface area contributed by atoms with Gasteiger partial charge in [-0.2, -0.15) is 0 Å².